The summed E-state index contributed by atoms with van der Waals surface area (Å²) >= 11 is 0. The van der Waals surface area contributed by atoms with Crippen LogP contribution in [0.2, 0.25) is 0 Å². The zero-order chi connectivity index (χ0) is 10.6. The van der Waals surface area contributed by atoms with Gasteiger partial charge in [-0.3, -0.25) is 0 Å². The third kappa shape index (κ3) is 2.51. The van der Waals surface area contributed by atoms with Crippen LogP contribution in [0.3, 0.4) is 0 Å². The largest absolute Gasteiger partial charge is 0.453 e. The number of amides is 3. The fourth-order valence-corrected chi connectivity index (χ4v) is 1.45. The van der Waals surface area contributed by atoms with Crippen molar-refractivity contribution in [1.29, 1.82) is 0 Å². The van der Waals surface area contributed by atoms with Gasteiger partial charge in [-0.1, -0.05) is 0 Å². The summed E-state index contributed by atoms with van der Waals surface area (Å²) in [6.45, 7) is 1.20. The first-order valence-corrected chi connectivity index (χ1v) is 4.48. The van der Waals surface area contributed by atoms with E-state index in [1.807, 2.05) is 0 Å². The Kier molecular flexibility index (Phi) is 3.55. The van der Waals surface area contributed by atoms with E-state index in [0.717, 1.165) is 6.42 Å². The number of hydrogen-bond acceptors (Lipinski definition) is 3. The summed E-state index contributed by atoms with van der Waals surface area (Å²) in [6.07, 6.45) is 0.316. The van der Waals surface area contributed by atoms with E-state index >= 15 is 0 Å². The van der Waals surface area contributed by atoms with Crippen LogP contribution in [0, 0.1) is 0 Å². The molecule has 1 aliphatic heterocycles. The lowest BCUT2D eigenvalue weighted by molar-refractivity contribution is 0.166. The van der Waals surface area contributed by atoms with Crippen molar-refractivity contribution in [3.8, 4) is 0 Å². The van der Waals surface area contributed by atoms with Gasteiger partial charge >= 0.3 is 12.1 Å². The van der Waals surface area contributed by atoms with Crippen molar-refractivity contribution in [3.63, 3.8) is 0 Å². The molecule has 0 saturated carbocycles. The molecule has 1 heterocycles. The topological polar surface area (TPSA) is 70.7 Å². The minimum atomic E-state index is -0.450. The second kappa shape index (κ2) is 4.69. The quantitative estimate of drug-likeness (QED) is 0.615. The zero-order valence-corrected chi connectivity index (χ0v) is 8.37. The van der Waals surface area contributed by atoms with E-state index in [1.165, 1.54) is 7.11 Å². The third-order valence-electron chi connectivity index (χ3n) is 2.20. The Bertz CT molecular complexity index is 232. The number of nitrogens with one attached hydrogen (secondary N) is 2. The number of carbonyl (C=O) groups is 2. The van der Waals surface area contributed by atoms with Crippen LogP contribution in [-0.2, 0) is 4.74 Å². The first-order valence-electron chi connectivity index (χ1n) is 4.48. The minimum Gasteiger partial charge on any atom is -0.453 e. The summed E-state index contributed by atoms with van der Waals surface area (Å²) in [6, 6.07) is -0.112. The Morgan fingerprint density at radius 3 is 2.79 bits per heavy atom. The van der Waals surface area contributed by atoms with E-state index in [9.17, 15) is 9.59 Å². The standard InChI is InChI=1S/C8H15N3O3/c1-9-7(12)11-4-3-6(5-11)10-8(13)14-2/h6H,3-5H2,1-2H3,(H,9,12)(H,10,13)/t6-/m1/s1. The van der Waals surface area contributed by atoms with Crippen LogP contribution in [-0.4, -0.2) is 50.3 Å². The Morgan fingerprint density at radius 2 is 2.21 bits per heavy atom. The molecule has 6 nitrogen and oxygen atoms in total. The zero-order valence-electron chi connectivity index (χ0n) is 8.37. The van der Waals surface area contributed by atoms with E-state index in [4.69, 9.17) is 0 Å². The van der Waals surface area contributed by atoms with Gasteiger partial charge in [0.1, 0.15) is 0 Å². The molecular formula is C8H15N3O3. The monoisotopic (exact) mass is 201 g/mol. The highest BCUT2D eigenvalue weighted by Gasteiger charge is 2.26. The van der Waals surface area contributed by atoms with E-state index in [-0.39, 0.29) is 12.1 Å². The summed E-state index contributed by atoms with van der Waals surface area (Å²) in [7, 11) is 2.91. The summed E-state index contributed by atoms with van der Waals surface area (Å²) in [5, 5.41) is 5.19. The molecule has 6 heteroatoms. The second-order valence-electron chi connectivity index (χ2n) is 3.12. The van der Waals surface area contributed by atoms with Crippen molar-refractivity contribution in [2.24, 2.45) is 0 Å². The van der Waals surface area contributed by atoms with Gasteiger partial charge in [0.25, 0.3) is 0 Å². The Balaban J connectivity index is 2.34. The number of methoxy groups -OCH3 is 1. The smallest absolute Gasteiger partial charge is 0.407 e. The lowest BCUT2D eigenvalue weighted by atomic mass is 10.3. The third-order valence-corrected chi connectivity index (χ3v) is 2.20. The Morgan fingerprint density at radius 1 is 1.50 bits per heavy atom. The van der Waals surface area contributed by atoms with Gasteiger partial charge in [0.05, 0.1) is 13.2 Å². The maximum Gasteiger partial charge on any atom is 0.407 e. The van der Waals surface area contributed by atoms with Crippen LogP contribution >= 0.6 is 0 Å². The highest BCUT2D eigenvalue weighted by Crippen LogP contribution is 2.08. The lowest BCUT2D eigenvalue weighted by Crippen LogP contribution is -2.41. The van der Waals surface area contributed by atoms with Crippen molar-refractivity contribution >= 4 is 12.1 Å². The molecule has 0 radical (unpaired) electrons. The lowest BCUT2D eigenvalue weighted by Gasteiger charge is -2.15. The van der Waals surface area contributed by atoms with Gasteiger partial charge in [-0.15, -0.1) is 0 Å². The highest BCUT2D eigenvalue weighted by molar-refractivity contribution is 5.74. The molecule has 2 N–H and O–H groups in total. The van der Waals surface area contributed by atoms with Crippen LogP contribution < -0.4 is 10.6 Å². The molecule has 1 saturated heterocycles. The average molecular weight is 201 g/mol. The van der Waals surface area contributed by atoms with Gasteiger partial charge in [-0.25, -0.2) is 9.59 Å². The molecule has 0 spiro atoms. The van der Waals surface area contributed by atoms with E-state index in [1.54, 1.807) is 11.9 Å². The van der Waals surface area contributed by atoms with Gasteiger partial charge in [0.2, 0.25) is 0 Å². The Labute approximate surface area is 82.6 Å². The molecule has 0 bridgehead atoms. The van der Waals surface area contributed by atoms with Gasteiger partial charge < -0.3 is 20.3 Å². The summed E-state index contributed by atoms with van der Waals surface area (Å²) in [4.78, 5) is 23.7. The molecule has 14 heavy (non-hydrogen) atoms. The van der Waals surface area contributed by atoms with E-state index in [2.05, 4.69) is 15.4 Å². The second-order valence-corrected chi connectivity index (χ2v) is 3.12. The average Bonchev–Trinajstić information content (AvgIpc) is 2.65. The molecule has 80 valence electrons. The number of carbonyl (C=O) groups excluding carboxylic acids is 2. The molecule has 1 aliphatic rings. The van der Waals surface area contributed by atoms with Crippen molar-refractivity contribution in [2.45, 2.75) is 12.5 Å². The predicted octanol–water partition coefficient (Wildman–Crippen LogP) is -0.244. The molecule has 0 aromatic rings. The molecule has 0 aromatic heterocycles. The first-order chi connectivity index (χ1) is 6.67. The van der Waals surface area contributed by atoms with Gasteiger partial charge in [0, 0.05) is 20.1 Å². The SMILES string of the molecule is CNC(=O)N1CC[C@@H](NC(=O)OC)C1. The number of ether oxygens (including phenoxy) is 1. The predicted molar refractivity (Wildman–Crippen MR) is 50.0 cm³/mol. The maximum absolute atomic E-state index is 11.2. The normalized spacial score (nSPS) is 20.4. The molecule has 1 rings (SSSR count). The molecule has 1 fully saturated rings. The maximum atomic E-state index is 11.2. The molecule has 0 aliphatic carbocycles. The number of urea groups is 1. The van der Waals surface area contributed by atoms with Crippen LogP contribution in [0.15, 0.2) is 0 Å². The number of likely N-dealkylation sites (tertiary alicyclic amines) is 1. The summed E-state index contributed by atoms with van der Waals surface area (Å²) < 4.78 is 4.47. The van der Waals surface area contributed by atoms with Gasteiger partial charge in [-0.2, -0.15) is 0 Å². The van der Waals surface area contributed by atoms with Crippen molar-refractivity contribution < 1.29 is 14.3 Å². The van der Waals surface area contributed by atoms with Crippen molar-refractivity contribution in [3.05, 3.63) is 0 Å². The van der Waals surface area contributed by atoms with Crippen LogP contribution in [0.1, 0.15) is 6.42 Å². The molecule has 3 amide bonds. The number of nitrogens with zero attached hydrogens (tertiary/aromatic N) is 1. The summed E-state index contributed by atoms with van der Waals surface area (Å²) in [5.74, 6) is 0. The first kappa shape index (κ1) is 10.6. The number of rotatable bonds is 1. The molecule has 0 unspecified atom stereocenters. The van der Waals surface area contributed by atoms with Crippen LogP contribution in [0.4, 0.5) is 9.59 Å². The fourth-order valence-electron chi connectivity index (χ4n) is 1.45. The molecular weight excluding hydrogens is 186 g/mol. The van der Waals surface area contributed by atoms with Gasteiger partial charge in [-0.05, 0) is 6.42 Å². The number of hydrogen-bond donors (Lipinski definition) is 2. The van der Waals surface area contributed by atoms with Gasteiger partial charge in [0.15, 0.2) is 0 Å². The van der Waals surface area contributed by atoms with Crippen molar-refractivity contribution in [1.82, 2.24) is 15.5 Å². The Hall–Kier alpha value is -1.46. The molecule has 1 atom stereocenters. The minimum absolute atomic E-state index is 0.000231. The number of alkyl carbamates (subject to hydrolysis) is 1. The fraction of sp³-hybridized carbons (Fsp3) is 0.750. The van der Waals surface area contributed by atoms with Crippen molar-refractivity contribution in [2.75, 3.05) is 27.2 Å². The molecule has 0 aromatic carbocycles. The van der Waals surface area contributed by atoms with Crippen LogP contribution in [0.5, 0.6) is 0 Å². The van der Waals surface area contributed by atoms with E-state index in [0.29, 0.717) is 13.1 Å². The van der Waals surface area contributed by atoms with Crippen LogP contribution in [0.25, 0.3) is 0 Å². The summed E-state index contributed by atoms with van der Waals surface area (Å²) in [5.41, 5.74) is 0. The van der Waals surface area contributed by atoms with E-state index < -0.39 is 6.09 Å². The highest BCUT2D eigenvalue weighted by atomic mass is 16.5.